The first-order valence-electron chi connectivity index (χ1n) is 14.9. The highest BCUT2D eigenvalue weighted by atomic mass is 16.6. The number of carbonyl (C=O) groups is 4. The Labute approximate surface area is 243 Å². The second-order valence-corrected chi connectivity index (χ2v) is 12.6. The summed E-state index contributed by atoms with van der Waals surface area (Å²) >= 11 is 0. The van der Waals surface area contributed by atoms with Gasteiger partial charge in [-0.3, -0.25) is 0 Å². The lowest BCUT2D eigenvalue weighted by Gasteiger charge is -2.39. The zero-order chi connectivity index (χ0) is 30.2. The molecule has 230 valence electrons. The fraction of sp³-hybridized carbons (Fsp3) is 0.742. The van der Waals surface area contributed by atoms with Gasteiger partial charge in [-0.1, -0.05) is 20.1 Å². The largest absolute Gasteiger partial charge is 0.462 e. The van der Waals surface area contributed by atoms with Crippen molar-refractivity contribution in [3.63, 3.8) is 0 Å². The van der Waals surface area contributed by atoms with Crippen LogP contribution in [0.1, 0.15) is 72.6 Å². The third-order valence-corrected chi connectivity index (χ3v) is 8.88. The van der Waals surface area contributed by atoms with E-state index in [1.807, 2.05) is 6.92 Å². The summed E-state index contributed by atoms with van der Waals surface area (Å²) in [6, 6.07) is 0. The van der Waals surface area contributed by atoms with Crippen molar-refractivity contribution in [3.05, 3.63) is 24.3 Å². The zero-order valence-electron chi connectivity index (χ0n) is 25.1. The normalized spacial score (nSPS) is 28.5. The molecule has 0 spiro atoms. The molecule has 10 heteroatoms. The molecule has 3 saturated carbocycles. The van der Waals surface area contributed by atoms with Gasteiger partial charge in [0.05, 0.1) is 19.8 Å². The number of nitrogens with one attached hydrogen (secondary N) is 2. The van der Waals surface area contributed by atoms with E-state index in [0.29, 0.717) is 73.3 Å². The van der Waals surface area contributed by atoms with Gasteiger partial charge >= 0.3 is 24.1 Å². The number of amides is 2. The van der Waals surface area contributed by atoms with Crippen LogP contribution in [0.15, 0.2) is 24.3 Å². The summed E-state index contributed by atoms with van der Waals surface area (Å²) in [4.78, 5) is 47.3. The van der Waals surface area contributed by atoms with Crippen molar-refractivity contribution in [1.82, 2.24) is 10.6 Å². The maximum atomic E-state index is 12.3. The van der Waals surface area contributed by atoms with E-state index in [1.165, 1.54) is 6.42 Å². The SMILES string of the molecule is C=C(C)C(=O)OCCCNC(=O)OCC1(C)CC2CC(C1)C1CC(C(C)OC(=O)NCCCOC(=O)C(=C)C)CC21. The van der Waals surface area contributed by atoms with Gasteiger partial charge in [0, 0.05) is 29.7 Å². The minimum atomic E-state index is -0.437. The van der Waals surface area contributed by atoms with Crippen LogP contribution in [0, 0.1) is 35.0 Å². The lowest BCUT2D eigenvalue weighted by atomic mass is 9.68. The molecule has 0 saturated heterocycles. The molecule has 0 radical (unpaired) electrons. The van der Waals surface area contributed by atoms with Crippen molar-refractivity contribution < 1.29 is 38.1 Å². The molecule has 0 aromatic heterocycles. The highest BCUT2D eigenvalue weighted by Gasteiger charge is 2.55. The fourth-order valence-electron chi connectivity index (χ4n) is 6.99. The topological polar surface area (TPSA) is 129 Å². The van der Waals surface area contributed by atoms with Gasteiger partial charge in [0.2, 0.25) is 0 Å². The van der Waals surface area contributed by atoms with Gasteiger partial charge in [-0.05, 0) is 95.3 Å². The van der Waals surface area contributed by atoms with Crippen molar-refractivity contribution in [1.29, 1.82) is 0 Å². The quantitative estimate of drug-likeness (QED) is 0.129. The second-order valence-electron chi connectivity index (χ2n) is 12.6. The van der Waals surface area contributed by atoms with E-state index in [9.17, 15) is 19.2 Å². The monoisotopic (exact) mass is 576 g/mol. The van der Waals surface area contributed by atoms with E-state index >= 15 is 0 Å². The van der Waals surface area contributed by atoms with Crippen LogP contribution in [0.5, 0.6) is 0 Å². The summed E-state index contributed by atoms with van der Waals surface area (Å²) in [5.41, 5.74) is 0.666. The average Bonchev–Trinajstić information content (AvgIpc) is 3.46. The molecule has 5 unspecified atom stereocenters. The molecule has 41 heavy (non-hydrogen) atoms. The molecular weight excluding hydrogens is 528 g/mol. The molecular formula is C31H48N2O8. The maximum absolute atomic E-state index is 12.3. The lowest BCUT2D eigenvalue weighted by molar-refractivity contribution is -0.139. The number of hydrogen-bond acceptors (Lipinski definition) is 8. The van der Waals surface area contributed by atoms with Gasteiger partial charge in [-0.25, -0.2) is 19.2 Å². The van der Waals surface area contributed by atoms with Crippen LogP contribution in [0.3, 0.4) is 0 Å². The molecule has 3 fully saturated rings. The van der Waals surface area contributed by atoms with E-state index in [-0.39, 0.29) is 24.7 Å². The van der Waals surface area contributed by atoms with E-state index in [0.717, 1.165) is 25.7 Å². The average molecular weight is 577 g/mol. The first-order valence-corrected chi connectivity index (χ1v) is 14.9. The molecule has 0 aromatic rings. The van der Waals surface area contributed by atoms with E-state index in [2.05, 4.69) is 30.7 Å². The Hall–Kier alpha value is -3.04. The van der Waals surface area contributed by atoms with Gasteiger partial charge in [0.25, 0.3) is 0 Å². The fourth-order valence-corrected chi connectivity index (χ4v) is 6.99. The molecule has 3 aliphatic rings. The summed E-state index contributed by atoms with van der Waals surface area (Å²) < 4.78 is 21.4. The molecule has 0 aromatic carbocycles. The molecule has 5 atom stereocenters. The molecule has 10 nitrogen and oxygen atoms in total. The number of esters is 2. The number of hydrogen-bond donors (Lipinski definition) is 2. The lowest BCUT2D eigenvalue weighted by Crippen LogP contribution is -2.36. The minimum absolute atomic E-state index is 0.0392. The molecule has 0 aliphatic heterocycles. The predicted octanol–water partition coefficient (Wildman–Crippen LogP) is 4.92. The Morgan fingerprint density at radius 2 is 1.29 bits per heavy atom. The van der Waals surface area contributed by atoms with Crippen LogP contribution in [-0.2, 0) is 28.5 Å². The van der Waals surface area contributed by atoms with Gasteiger partial charge in [0.1, 0.15) is 6.10 Å². The molecule has 0 heterocycles. The van der Waals surface area contributed by atoms with Crippen LogP contribution in [0.4, 0.5) is 9.59 Å². The van der Waals surface area contributed by atoms with Gasteiger partial charge in [-0.2, -0.15) is 0 Å². The minimum Gasteiger partial charge on any atom is -0.462 e. The first-order chi connectivity index (χ1) is 19.4. The molecule has 2 amide bonds. The van der Waals surface area contributed by atoms with Crippen molar-refractivity contribution in [2.75, 3.05) is 32.9 Å². The summed E-state index contributed by atoms with van der Waals surface area (Å²) in [6.45, 7) is 16.1. The van der Waals surface area contributed by atoms with Crippen molar-refractivity contribution in [2.24, 2.45) is 35.0 Å². The smallest absolute Gasteiger partial charge is 0.407 e. The third kappa shape index (κ3) is 9.50. The maximum Gasteiger partial charge on any atom is 0.407 e. The predicted molar refractivity (Wildman–Crippen MR) is 153 cm³/mol. The number of fused-ring (bicyclic) bond motifs is 5. The zero-order valence-corrected chi connectivity index (χ0v) is 25.1. The van der Waals surface area contributed by atoms with Crippen molar-refractivity contribution in [2.45, 2.75) is 78.7 Å². The van der Waals surface area contributed by atoms with Crippen LogP contribution >= 0.6 is 0 Å². The van der Waals surface area contributed by atoms with Crippen molar-refractivity contribution in [3.8, 4) is 0 Å². The van der Waals surface area contributed by atoms with Crippen LogP contribution in [-0.4, -0.2) is 63.1 Å². The summed E-state index contributed by atoms with van der Waals surface area (Å²) in [6.07, 6.45) is 5.41. The summed E-state index contributed by atoms with van der Waals surface area (Å²) in [7, 11) is 0. The highest BCUT2D eigenvalue weighted by molar-refractivity contribution is 5.87. The third-order valence-electron chi connectivity index (χ3n) is 8.88. The Kier molecular flexibility index (Phi) is 11.7. The molecule has 3 rings (SSSR count). The standard InChI is InChI=1S/C31H48N2O8/c1-19(2)27(34)38-11-7-9-32-29(36)40-18-31(6)16-23-13-24(17-31)26-15-22(14-25(23)26)21(5)41-30(37)33-10-8-12-39-28(35)20(3)4/h21-26H,1,3,7-18H2,2,4-6H3,(H,32,36)(H,33,37). The number of rotatable bonds is 14. The van der Waals surface area contributed by atoms with E-state index < -0.39 is 24.1 Å². The van der Waals surface area contributed by atoms with Crippen LogP contribution in [0.25, 0.3) is 0 Å². The second kappa shape index (κ2) is 14.7. The number of carbonyl (C=O) groups excluding carboxylic acids is 4. The summed E-state index contributed by atoms with van der Waals surface area (Å²) in [5, 5.41) is 5.48. The Bertz CT molecular complexity index is 975. The van der Waals surface area contributed by atoms with Gasteiger partial charge in [-0.15, -0.1) is 0 Å². The molecule has 2 bridgehead atoms. The Morgan fingerprint density at radius 1 is 0.805 bits per heavy atom. The van der Waals surface area contributed by atoms with Gasteiger partial charge < -0.3 is 29.6 Å². The highest BCUT2D eigenvalue weighted by Crippen LogP contribution is 2.62. The van der Waals surface area contributed by atoms with Crippen LogP contribution in [0.2, 0.25) is 0 Å². The van der Waals surface area contributed by atoms with E-state index in [1.54, 1.807) is 13.8 Å². The summed E-state index contributed by atoms with van der Waals surface area (Å²) in [5.74, 6) is 1.95. The Morgan fingerprint density at radius 3 is 1.78 bits per heavy atom. The van der Waals surface area contributed by atoms with E-state index in [4.69, 9.17) is 18.9 Å². The number of alkyl carbamates (subject to hydrolysis) is 2. The van der Waals surface area contributed by atoms with Gasteiger partial charge in [0.15, 0.2) is 0 Å². The first kappa shape index (κ1) is 32.5. The van der Waals surface area contributed by atoms with Crippen LogP contribution < -0.4 is 10.6 Å². The molecule has 3 aliphatic carbocycles. The Balaban J connectivity index is 1.33. The van der Waals surface area contributed by atoms with Crippen molar-refractivity contribution >= 4 is 24.1 Å². The number of ether oxygens (including phenoxy) is 4. The molecule has 2 N–H and O–H groups in total.